The van der Waals surface area contributed by atoms with Gasteiger partial charge in [0, 0.05) is 36.2 Å². The van der Waals surface area contributed by atoms with Crippen molar-refractivity contribution in [1.29, 1.82) is 0 Å². The lowest BCUT2D eigenvalue weighted by Gasteiger charge is -2.33. The molecule has 30 heavy (non-hydrogen) atoms. The Morgan fingerprint density at radius 1 is 0.933 bits per heavy atom. The molecule has 0 atom stereocenters. The van der Waals surface area contributed by atoms with E-state index in [9.17, 15) is 18.0 Å². The summed E-state index contributed by atoms with van der Waals surface area (Å²) in [4.78, 5) is 25.9. The first-order valence-electron chi connectivity index (χ1n) is 9.17. The SMILES string of the molecule is O=C(OCC(=O)N1CCN(S(=O)(=O)Cc2ccccc2)CC1)c1cc(Cl)cc(Cl)c1. The first-order chi connectivity index (χ1) is 14.2. The molecule has 0 radical (unpaired) electrons. The predicted octanol–water partition coefficient (Wildman–Crippen LogP) is 2.82. The summed E-state index contributed by atoms with van der Waals surface area (Å²) in [5.41, 5.74) is 0.862. The summed E-state index contributed by atoms with van der Waals surface area (Å²) in [6.45, 7) is 0.401. The minimum absolute atomic E-state index is 0.0818. The minimum atomic E-state index is -3.47. The Kier molecular flexibility index (Phi) is 7.36. The molecule has 0 N–H and O–H groups in total. The largest absolute Gasteiger partial charge is 0.452 e. The number of piperazine rings is 1. The van der Waals surface area contributed by atoms with Crippen LogP contribution >= 0.6 is 23.2 Å². The van der Waals surface area contributed by atoms with Gasteiger partial charge in [0.25, 0.3) is 5.91 Å². The van der Waals surface area contributed by atoms with Gasteiger partial charge in [-0.25, -0.2) is 13.2 Å². The molecule has 1 saturated heterocycles. The fourth-order valence-corrected chi connectivity index (χ4v) is 5.11. The molecule has 1 heterocycles. The lowest BCUT2D eigenvalue weighted by molar-refractivity contribution is -0.135. The Morgan fingerprint density at radius 2 is 1.53 bits per heavy atom. The van der Waals surface area contributed by atoms with Crippen molar-refractivity contribution in [2.75, 3.05) is 32.8 Å². The molecule has 10 heteroatoms. The van der Waals surface area contributed by atoms with E-state index in [2.05, 4.69) is 0 Å². The van der Waals surface area contributed by atoms with Gasteiger partial charge in [-0.15, -0.1) is 0 Å². The van der Waals surface area contributed by atoms with Gasteiger partial charge < -0.3 is 9.64 Å². The van der Waals surface area contributed by atoms with Crippen LogP contribution in [0.3, 0.4) is 0 Å². The van der Waals surface area contributed by atoms with E-state index in [0.717, 1.165) is 0 Å². The lowest BCUT2D eigenvalue weighted by Crippen LogP contribution is -2.51. The number of nitrogens with zero attached hydrogens (tertiary/aromatic N) is 2. The van der Waals surface area contributed by atoms with Crippen LogP contribution in [0.5, 0.6) is 0 Å². The number of amides is 1. The highest BCUT2D eigenvalue weighted by Gasteiger charge is 2.29. The van der Waals surface area contributed by atoms with Crippen LogP contribution in [0.2, 0.25) is 10.0 Å². The van der Waals surface area contributed by atoms with E-state index in [0.29, 0.717) is 5.56 Å². The van der Waals surface area contributed by atoms with Crippen LogP contribution < -0.4 is 0 Å². The second-order valence-electron chi connectivity index (χ2n) is 6.76. The zero-order valence-electron chi connectivity index (χ0n) is 16.0. The number of carbonyl (C=O) groups is 2. The molecule has 3 rings (SSSR count). The number of rotatable bonds is 6. The summed E-state index contributed by atoms with van der Waals surface area (Å²) in [5, 5.41) is 0.572. The number of hydrogen-bond acceptors (Lipinski definition) is 5. The fraction of sp³-hybridized carbons (Fsp3) is 0.300. The number of esters is 1. The molecule has 0 bridgehead atoms. The smallest absolute Gasteiger partial charge is 0.338 e. The monoisotopic (exact) mass is 470 g/mol. The standard InChI is InChI=1S/C20H20Cl2N2O5S/c21-17-10-16(11-18(22)12-17)20(26)29-13-19(25)23-6-8-24(9-7-23)30(27,28)14-15-4-2-1-3-5-15/h1-5,10-12H,6-9,13-14H2. The van der Waals surface area contributed by atoms with Gasteiger partial charge in [-0.05, 0) is 23.8 Å². The van der Waals surface area contributed by atoms with E-state index in [-0.39, 0.29) is 47.5 Å². The maximum Gasteiger partial charge on any atom is 0.338 e. The molecule has 0 unspecified atom stereocenters. The van der Waals surface area contributed by atoms with Crippen molar-refractivity contribution in [1.82, 2.24) is 9.21 Å². The first-order valence-corrected chi connectivity index (χ1v) is 11.5. The van der Waals surface area contributed by atoms with Crippen molar-refractivity contribution < 1.29 is 22.7 Å². The van der Waals surface area contributed by atoms with E-state index in [1.165, 1.54) is 27.4 Å². The maximum absolute atomic E-state index is 12.6. The van der Waals surface area contributed by atoms with E-state index >= 15 is 0 Å². The van der Waals surface area contributed by atoms with Crippen LogP contribution in [-0.4, -0.2) is 62.3 Å². The Labute approximate surface area is 185 Å². The number of halogens is 2. The van der Waals surface area contributed by atoms with Gasteiger partial charge in [0.2, 0.25) is 10.0 Å². The van der Waals surface area contributed by atoms with Gasteiger partial charge in [0.1, 0.15) is 0 Å². The molecule has 0 aromatic heterocycles. The molecule has 1 amide bonds. The minimum Gasteiger partial charge on any atom is -0.452 e. The molecule has 1 aliphatic heterocycles. The average molecular weight is 471 g/mol. The molecule has 2 aromatic carbocycles. The predicted molar refractivity (Wildman–Crippen MR) is 114 cm³/mol. The number of sulfonamides is 1. The summed E-state index contributed by atoms with van der Waals surface area (Å²) in [5.74, 6) is -1.19. The Bertz CT molecular complexity index is 1000. The quantitative estimate of drug-likeness (QED) is 0.606. The summed E-state index contributed by atoms with van der Waals surface area (Å²) in [7, 11) is -3.47. The zero-order chi connectivity index (χ0) is 21.7. The summed E-state index contributed by atoms with van der Waals surface area (Å²) in [6.07, 6.45) is 0. The van der Waals surface area contributed by atoms with Crippen LogP contribution in [0.15, 0.2) is 48.5 Å². The van der Waals surface area contributed by atoms with E-state index in [1.807, 2.05) is 6.07 Å². The molecule has 0 spiro atoms. The summed E-state index contributed by atoms with van der Waals surface area (Å²) < 4.78 is 31.6. The topological polar surface area (TPSA) is 84.0 Å². The lowest BCUT2D eigenvalue weighted by atomic mass is 10.2. The zero-order valence-corrected chi connectivity index (χ0v) is 18.3. The second-order valence-corrected chi connectivity index (χ2v) is 9.60. The molecule has 1 aliphatic rings. The van der Waals surface area contributed by atoms with Crippen molar-refractivity contribution in [3.8, 4) is 0 Å². The molecular weight excluding hydrogens is 451 g/mol. The van der Waals surface area contributed by atoms with Gasteiger partial charge in [-0.3, -0.25) is 4.79 Å². The van der Waals surface area contributed by atoms with Gasteiger partial charge >= 0.3 is 5.97 Å². The van der Waals surface area contributed by atoms with Crippen molar-refractivity contribution in [2.45, 2.75) is 5.75 Å². The highest BCUT2D eigenvalue weighted by Crippen LogP contribution is 2.20. The number of benzene rings is 2. The number of carbonyl (C=O) groups excluding carboxylic acids is 2. The Morgan fingerprint density at radius 3 is 2.13 bits per heavy atom. The molecule has 2 aromatic rings. The van der Waals surface area contributed by atoms with Crippen molar-refractivity contribution in [3.63, 3.8) is 0 Å². The highest BCUT2D eigenvalue weighted by molar-refractivity contribution is 7.88. The van der Waals surface area contributed by atoms with E-state index in [4.69, 9.17) is 27.9 Å². The maximum atomic E-state index is 12.6. The molecule has 7 nitrogen and oxygen atoms in total. The van der Waals surface area contributed by atoms with Gasteiger partial charge in [-0.1, -0.05) is 53.5 Å². The first kappa shape index (κ1) is 22.6. The molecule has 1 fully saturated rings. The van der Waals surface area contributed by atoms with Crippen LogP contribution in [0, 0.1) is 0 Å². The van der Waals surface area contributed by atoms with Crippen molar-refractivity contribution in [2.24, 2.45) is 0 Å². The van der Waals surface area contributed by atoms with Gasteiger partial charge in [0.15, 0.2) is 6.61 Å². The molecule has 0 saturated carbocycles. The third-order valence-electron chi connectivity index (χ3n) is 4.60. The third-order valence-corrected chi connectivity index (χ3v) is 6.89. The van der Waals surface area contributed by atoms with Crippen molar-refractivity contribution in [3.05, 3.63) is 69.7 Å². The van der Waals surface area contributed by atoms with Crippen LogP contribution in [0.1, 0.15) is 15.9 Å². The molecule has 0 aliphatic carbocycles. The Balaban J connectivity index is 1.49. The van der Waals surface area contributed by atoms with E-state index in [1.54, 1.807) is 24.3 Å². The third kappa shape index (κ3) is 5.95. The van der Waals surface area contributed by atoms with Crippen LogP contribution in [0.4, 0.5) is 0 Å². The van der Waals surface area contributed by atoms with Crippen LogP contribution in [-0.2, 0) is 25.3 Å². The number of hydrogen-bond donors (Lipinski definition) is 0. The molecular formula is C20H20Cl2N2O5S. The van der Waals surface area contributed by atoms with Crippen molar-refractivity contribution >= 4 is 45.1 Å². The number of ether oxygens (including phenoxy) is 1. The highest BCUT2D eigenvalue weighted by atomic mass is 35.5. The normalized spacial score (nSPS) is 15.1. The summed E-state index contributed by atoms with van der Waals surface area (Å²) in [6, 6.07) is 13.2. The van der Waals surface area contributed by atoms with E-state index < -0.39 is 28.5 Å². The van der Waals surface area contributed by atoms with Gasteiger partial charge in [-0.2, -0.15) is 4.31 Å². The van der Waals surface area contributed by atoms with Crippen LogP contribution in [0.25, 0.3) is 0 Å². The Hall–Kier alpha value is -2.13. The molecule has 160 valence electrons. The second kappa shape index (κ2) is 9.78. The van der Waals surface area contributed by atoms with Gasteiger partial charge in [0.05, 0.1) is 11.3 Å². The average Bonchev–Trinajstić information content (AvgIpc) is 2.71. The fourth-order valence-electron chi connectivity index (χ4n) is 3.07. The summed E-state index contributed by atoms with van der Waals surface area (Å²) >= 11 is 11.7.